The Kier molecular flexibility index (Phi) is 5.88. The summed E-state index contributed by atoms with van der Waals surface area (Å²) in [4.78, 5) is 39.0. The van der Waals surface area contributed by atoms with E-state index in [1.165, 1.54) is 13.1 Å². The van der Waals surface area contributed by atoms with Crippen LogP contribution >= 0.6 is 0 Å². The lowest BCUT2D eigenvalue weighted by Gasteiger charge is -2.11. The number of aryl methyl sites for hydroxylation is 1. The number of nitrogens with one attached hydrogen (secondary N) is 3. The number of pyridine rings is 1. The van der Waals surface area contributed by atoms with Crippen LogP contribution in [-0.2, 0) is 6.54 Å². The van der Waals surface area contributed by atoms with Gasteiger partial charge in [-0.05, 0) is 38.9 Å². The Labute approximate surface area is 146 Å². The lowest BCUT2D eigenvalue weighted by atomic mass is 10.1. The normalized spacial score (nSPS) is 11.8. The smallest absolute Gasteiger partial charge is 0.257 e. The number of carbonyl (C=O) groups is 2. The standard InChI is InChI=1S/C19H23N3O3/c1-11(20-4)15-7-5-14(6-8-15)9-22-19(25)16-10-21-12(2)17(13(3)23)18(16)24/h5-8,10-11,20H,9H2,1-4H3,(H,21,24)(H,22,25). The molecule has 0 fully saturated rings. The average Bonchev–Trinajstić information content (AvgIpc) is 2.59. The van der Waals surface area contributed by atoms with Crippen LogP contribution < -0.4 is 16.1 Å². The Morgan fingerprint density at radius 1 is 1.20 bits per heavy atom. The van der Waals surface area contributed by atoms with E-state index >= 15 is 0 Å². The third-order valence-corrected chi connectivity index (χ3v) is 4.24. The van der Waals surface area contributed by atoms with Crippen molar-refractivity contribution in [2.24, 2.45) is 0 Å². The molecule has 0 spiro atoms. The van der Waals surface area contributed by atoms with Gasteiger partial charge in [0.15, 0.2) is 5.78 Å². The van der Waals surface area contributed by atoms with E-state index < -0.39 is 11.3 Å². The Balaban J connectivity index is 2.12. The third kappa shape index (κ3) is 4.22. The molecular formula is C19H23N3O3. The molecule has 0 radical (unpaired) electrons. The largest absolute Gasteiger partial charge is 0.364 e. The number of hydrogen-bond acceptors (Lipinski definition) is 4. The molecule has 3 N–H and O–H groups in total. The summed E-state index contributed by atoms with van der Waals surface area (Å²) < 4.78 is 0. The van der Waals surface area contributed by atoms with Crippen molar-refractivity contribution in [1.29, 1.82) is 0 Å². The highest BCUT2D eigenvalue weighted by Crippen LogP contribution is 2.12. The average molecular weight is 341 g/mol. The predicted octanol–water partition coefficient (Wildman–Crippen LogP) is 2.10. The van der Waals surface area contributed by atoms with Crippen molar-refractivity contribution in [2.75, 3.05) is 7.05 Å². The van der Waals surface area contributed by atoms with Crippen LogP contribution in [0.25, 0.3) is 0 Å². The molecule has 1 unspecified atom stereocenters. The van der Waals surface area contributed by atoms with E-state index in [0.29, 0.717) is 12.2 Å². The zero-order chi connectivity index (χ0) is 18.6. The SMILES string of the molecule is CNC(C)c1ccc(CNC(=O)c2c[nH]c(C)c(C(C)=O)c2=O)cc1. The highest BCUT2D eigenvalue weighted by Gasteiger charge is 2.17. The number of aromatic amines is 1. The van der Waals surface area contributed by atoms with Crippen molar-refractivity contribution in [1.82, 2.24) is 15.6 Å². The van der Waals surface area contributed by atoms with Gasteiger partial charge in [0.2, 0.25) is 5.43 Å². The number of hydrogen-bond donors (Lipinski definition) is 3. The molecule has 1 atom stereocenters. The van der Waals surface area contributed by atoms with Crippen LogP contribution in [0.2, 0.25) is 0 Å². The summed E-state index contributed by atoms with van der Waals surface area (Å²) >= 11 is 0. The number of amides is 1. The van der Waals surface area contributed by atoms with Gasteiger partial charge >= 0.3 is 0 Å². The molecule has 1 aromatic carbocycles. The summed E-state index contributed by atoms with van der Waals surface area (Å²) in [7, 11) is 1.90. The number of H-pyrrole nitrogens is 1. The van der Waals surface area contributed by atoms with E-state index in [-0.39, 0.29) is 23.0 Å². The number of rotatable bonds is 6. The van der Waals surface area contributed by atoms with Gasteiger partial charge in [-0.15, -0.1) is 0 Å². The summed E-state index contributed by atoms with van der Waals surface area (Å²) in [6, 6.07) is 8.11. The maximum atomic E-state index is 12.3. The molecule has 0 aliphatic rings. The van der Waals surface area contributed by atoms with E-state index in [2.05, 4.69) is 22.5 Å². The van der Waals surface area contributed by atoms with Crippen LogP contribution in [0.4, 0.5) is 0 Å². The van der Waals surface area contributed by atoms with Crippen molar-refractivity contribution in [3.05, 3.63) is 68.6 Å². The Hall–Kier alpha value is -2.73. The highest BCUT2D eigenvalue weighted by atomic mass is 16.2. The predicted molar refractivity (Wildman–Crippen MR) is 96.9 cm³/mol. The molecule has 2 rings (SSSR count). The summed E-state index contributed by atoms with van der Waals surface area (Å²) in [6.45, 7) is 5.31. The van der Waals surface area contributed by atoms with Crippen LogP contribution in [-0.4, -0.2) is 23.7 Å². The fraction of sp³-hybridized carbons (Fsp3) is 0.316. The highest BCUT2D eigenvalue weighted by molar-refractivity contribution is 5.99. The van der Waals surface area contributed by atoms with Crippen molar-refractivity contribution < 1.29 is 9.59 Å². The molecule has 6 nitrogen and oxygen atoms in total. The first kappa shape index (κ1) is 18.6. The number of carbonyl (C=O) groups excluding carboxylic acids is 2. The van der Waals surface area contributed by atoms with Gasteiger partial charge in [-0.1, -0.05) is 24.3 Å². The monoisotopic (exact) mass is 341 g/mol. The van der Waals surface area contributed by atoms with Crippen molar-refractivity contribution in [3.63, 3.8) is 0 Å². The Morgan fingerprint density at radius 2 is 1.84 bits per heavy atom. The molecule has 132 valence electrons. The van der Waals surface area contributed by atoms with Crippen LogP contribution in [0.5, 0.6) is 0 Å². The molecule has 6 heteroatoms. The van der Waals surface area contributed by atoms with E-state index in [9.17, 15) is 14.4 Å². The number of benzene rings is 1. The summed E-state index contributed by atoms with van der Waals surface area (Å²) in [5, 5.41) is 5.88. The fourth-order valence-corrected chi connectivity index (χ4v) is 2.58. The van der Waals surface area contributed by atoms with Gasteiger partial charge in [-0.3, -0.25) is 14.4 Å². The fourth-order valence-electron chi connectivity index (χ4n) is 2.58. The Morgan fingerprint density at radius 3 is 2.40 bits per heavy atom. The number of ketones is 1. The first-order valence-corrected chi connectivity index (χ1v) is 8.12. The maximum absolute atomic E-state index is 12.3. The lowest BCUT2D eigenvalue weighted by molar-refractivity contribution is 0.0949. The minimum Gasteiger partial charge on any atom is -0.364 e. The third-order valence-electron chi connectivity index (χ3n) is 4.24. The zero-order valence-corrected chi connectivity index (χ0v) is 14.9. The van der Waals surface area contributed by atoms with Crippen LogP contribution in [0.15, 0.2) is 35.3 Å². The summed E-state index contributed by atoms with van der Waals surface area (Å²) in [5.74, 6) is -0.862. The molecule has 25 heavy (non-hydrogen) atoms. The van der Waals surface area contributed by atoms with Gasteiger partial charge in [0.1, 0.15) is 5.56 Å². The molecule has 1 aromatic heterocycles. The second-order valence-corrected chi connectivity index (χ2v) is 6.02. The molecule has 0 bridgehead atoms. The first-order chi connectivity index (χ1) is 11.8. The first-order valence-electron chi connectivity index (χ1n) is 8.12. The minimum atomic E-state index is -0.542. The summed E-state index contributed by atoms with van der Waals surface area (Å²) in [5.41, 5.74) is 1.96. The van der Waals surface area contributed by atoms with Gasteiger partial charge in [0.25, 0.3) is 5.91 Å². The topological polar surface area (TPSA) is 91.1 Å². The minimum absolute atomic E-state index is 0.0260. The van der Waals surface area contributed by atoms with Crippen LogP contribution in [0.1, 0.15) is 57.4 Å². The number of aromatic nitrogens is 1. The van der Waals surface area contributed by atoms with Crippen molar-refractivity contribution in [3.8, 4) is 0 Å². The molecular weight excluding hydrogens is 318 g/mol. The van der Waals surface area contributed by atoms with Gasteiger partial charge in [-0.25, -0.2) is 0 Å². The lowest BCUT2D eigenvalue weighted by Crippen LogP contribution is -2.31. The molecule has 2 aromatic rings. The Bertz CT molecular complexity index is 838. The van der Waals surface area contributed by atoms with Gasteiger partial charge in [0, 0.05) is 24.5 Å². The molecule has 0 aliphatic heterocycles. The molecule has 1 amide bonds. The van der Waals surface area contributed by atoms with E-state index in [1.807, 2.05) is 31.3 Å². The zero-order valence-electron chi connectivity index (χ0n) is 14.9. The number of Topliss-reactive ketones (excluding diaryl/α,β-unsaturated/α-hetero) is 1. The van der Waals surface area contributed by atoms with Gasteiger partial charge in [0.05, 0.1) is 5.56 Å². The second kappa shape index (κ2) is 7.90. The molecule has 0 saturated carbocycles. The van der Waals surface area contributed by atoms with Crippen LogP contribution in [0.3, 0.4) is 0 Å². The van der Waals surface area contributed by atoms with Crippen LogP contribution in [0, 0.1) is 6.92 Å². The van der Waals surface area contributed by atoms with E-state index in [1.54, 1.807) is 6.92 Å². The van der Waals surface area contributed by atoms with Gasteiger partial charge < -0.3 is 15.6 Å². The maximum Gasteiger partial charge on any atom is 0.257 e. The molecule has 0 aliphatic carbocycles. The quantitative estimate of drug-likeness (QED) is 0.702. The molecule has 0 saturated heterocycles. The van der Waals surface area contributed by atoms with Crippen molar-refractivity contribution in [2.45, 2.75) is 33.4 Å². The van der Waals surface area contributed by atoms with E-state index in [4.69, 9.17) is 0 Å². The second-order valence-electron chi connectivity index (χ2n) is 6.02. The van der Waals surface area contributed by atoms with Crippen molar-refractivity contribution >= 4 is 11.7 Å². The van der Waals surface area contributed by atoms with Gasteiger partial charge in [-0.2, -0.15) is 0 Å². The summed E-state index contributed by atoms with van der Waals surface area (Å²) in [6.07, 6.45) is 1.34. The van der Waals surface area contributed by atoms with E-state index in [0.717, 1.165) is 11.1 Å². The molecule has 1 heterocycles.